The summed E-state index contributed by atoms with van der Waals surface area (Å²) in [6, 6.07) is 8.43. The molecular formula is C21H31NO4S. The lowest BCUT2D eigenvalue weighted by molar-refractivity contribution is -0.144. The predicted octanol–water partition coefficient (Wildman–Crippen LogP) is 3.77. The third kappa shape index (κ3) is 5.91. The summed E-state index contributed by atoms with van der Waals surface area (Å²) in [4.78, 5) is 12.2. The van der Waals surface area contributed by atoms with E-state index in [4.69, 9.17) is 4.74 Å². The van der Waals surface area contributed by atoms with Crippen LogP contribution >= 0.6 is 0 Å². The van der Waals surface area contributed by atoms with Crippen molar-refractivity contribution in [1.82, 2.24) is 4.72 Å². The van der Waals surface area contributed by atoms with Crippen LogP contribution in [-0.4, -0.2) is 27.5 Å². The minimum atomic E-state index is -3.52. The van der Waals surface area contributed by atoms with Crippen LogP contribution in [0.3, 0.4) is 0 Å². The molecule has 1 aliphatic carbocycles. The molecule has 0 fully saturated rings. The van der Waals surface area contributed by atoms with Crippen molar-refractivity contribution in [3.05, 3.63) is 42.0 Å². The Labute approximate surface area is 163 Å². The van der Waals surface area contributed by atoms with Gasteiger partial charge in [-0.15, -0.1) is 0 Å². The molecule has 1 aliphatic rings. The number of esters is 1. The highest BCUT2D eigenvalue weighted by molar-refractivity contribution is 7.89. The van der Waals surface area contributed by atoms with E-state index in [-0.39, 0.29) is 22.7 Å². The molecule has 1 aromatic carbocycles. The van der Waals surface area contributed by atoms with Crippen LogP contribution in [0.2, 0.25) is 0 Å². The zero-order valence-corrected chi connectivity index (χ0v) is 17.5. The lowest BCUT2D eigenvalue weighted by Gasteiger charge is -2.37. The lowest BCUT2D eigenvalue weighted by Crippen LogP contribution is -2.37. The Morgan fingerprint density at radius 1 is 1.26 bits per heavy atom. The van der Waals surface area contributed by atoms with Crippen LogP contribution in [0.1, 0.15) is 40.5 Å². The molecule has 1 N–H and O–H groups in total. The highest BCUT2D eigenvalue weighted by Crippen LogP contribution is 2.39. The van der Waals surface area contributed by atoms with Gasteiger partial charge in [-0.1, -0.05) is 43.7 Å². The van der Waals surface area contributed by atoms with Crippen LogP contribution < -0.4 is 4.72 Å². The Hall–Kier alpha value is -1.66. The smallest absolute Gasteiger partial charge is 0.306 e. The molecule has 1 aromatic rings. The molecule has 150 valence electrons. The van der Waals surface area contributed by atoms with Gasteiger partial charge in [-0.3, -0.25) is 4.79 Å². The number of rotatable bonds is 8. The van der Waals surface area contributed by atoms with Gasteiger partial charge in [-0.05, 0) is 56.1 Å². The zero-order valence-electron chi connectivity index (χ0n) is 16.6. The maximum absolute atomic E-state index is 12.5. The highest BCUT2D eigenvalue weighted by atomic mass is 32.2. The molecule has 5 nitrogen and oxygen atoms in total. The van der Waals surface area contributed by atoms with E-state index in [1.54, 1.807) is 30.3 Å². The Kier molecular flexibility index (Phi) is 7.62. The summed E-state index contributed by atoms with van der Waals surface area (Å²) in [5.74, 6) is 0.818. The molecule has 2 rings (SSSR count). The monoisotopic (exact) mass is 393 g/mol. The van der Waals surface area contributed by atoms with E-state index in [9.17, 15) is 13.2 Å². The third-order valence-electron chi connectivity index (χ3n) is 5.36. The highest BCUT2D eigenvalue weighted by Gasteiger charge is 2.33. The molecule has 0 saturated carbocycles. The molecule has 3 atom stereocenters. The summed E-state index contributed by atoms with van der Waals surface area (Å²) >= 11 is 0. The van der Waals surface area contributed by atoms with E-state index in [2.05, 4.69) is 24.6 Å². The number of allylic oxidation sites excluding steroid dienone is 1. The number of carbonyl (C=O) groups is 1. The van der Waals surface area contributed by atoms with Gasteiger partial charge in [0.05, 0.1) is 17.9 Å². The summed E-state index contributed by atoms with van der Waals surface area (Å²) in [5, 5.41) is 0. The average Bonchev–Trinajstić information content (AvgIpc) is 2.62. The van der Waals surface area contributed by atoms with Crippen molar-refractivity contribution in [3.8, 4) is 0 Å². The molecule has 0 bridgehead atoms. The van der Waals surface area contributed by atoms with Gasteiger partial charge >= 0.3 is 5.97 Å². The number of hydrogen-bond acceptors (Lipinski definition) is 4. The van der Waals surface area contributed by atoms with Crippen molar-refractivity contribution < 1.29 is 17.9 Å². The topological polar surface area (TPSA) is 72.5 Å². The first-order valence-electron chi connectivity index (χ1n) is 9.63. The average molecular weight is 394 g/mol. The van der Waals surface area contributed by atoms with Crippen molar-refractivity contribution in [3.63, 3.8) is 0 Å². The second kappa shape index (κ2) is 9.51. The van der Waals surface area contributed by atoms with Gasteiger partial charge in [-0.25, -0.2) is 13.1 Å². The number of ether oxygens (including phenoxy) is 1. The van der Waals surface area contributed by atoms with Crippen molar-refractivity contribution >= 4 is 16.0 Å². The predicted molar refractivity (Wildman–Crippen MR) is 107 cm³/mol. The summed E-state index contributed by atoms with van der Waals surface area (Å²) in [5.41, 5.74) is 1.14. The van der Waals surface area contributed by atoms with Crippen LogP contribution in [0.25, 0.3) is 0 Å². The molecule has 27 heavy (non-hydrogen) atoms. The molecule has 3 unspecified atom stereocenters. The molecule has 0 aromatic heterocycles. The first-order valence-corrected chi connectivity index (χ1v) is 11.1. The standard InChI is InChI=1S/C21H31NO4S/c1-5-26-21(23)13-17-12-20(15(2)3)18(11-16(17)4)14-22-27(24,25)19-9-7-6-8-10-19/h6-11,15,17-18,20,22H,5,12-14H2,1-4H3. The van der Waals surface area contributed by atoms with Gasteiger partial charge < -0.3 is 4.74 Å². The number of benzene rings is 1. The van der Waals surface area contributed by atoms with Gasteiger partial charge in [0.15, 0.2) is 0 Å². The first-order chi connectivity index (χ1) is 12.7. The first kappa shape index (κ1) is 21.6. The Balaban J connectivity index is 2.11. The minimum Gasteiger partial charge on any atom is -0.466 e. The van der Waals surface area contributed by atoms with Crippen LogP contribution in [0.4, 0.5) is 0 Å². The van der Waals surface area contributed by atoms with Crippen molar-refractivity contribution in [2.24, 2.45) is 23.7 Å². The summed E-state index contributed by atoms with van der Waals surface area (Å²) in [6.07, 6.45) is 3.41. The van der Waals surface area contributed by atoms with Gasteiger partial charge in [0, 0.05) is 6.54 Å². The molecule has 0 saturated heterocycles. The van der Waals surface area contributed by atoms with Crippen LogP contribution in [0, 0.1) is 23.7 Å². The zero-order chi connectivity index (χ0) is 20.0. The van der Waals surface area contributed by atoms with E-state index in [1.807, 2.05) is 13.8 Å². The minimum absolute atomic E-state index is 0.113. The van der Waals surface area contributed by atoms with Crippen molar-refractivity contribution in [2.75, 3.05) is 13.2 Å². The quantitative estimate of drug-likeness (QED) is 0.539. The Morgan fingerprint density at radius 3 is 2.52 bits per heavy atom. The van der Waals surface area contributed by atoms with Crippen LogP contribution in [0.5, 0.6) is 0 Å². The van der Waals surface area contributed by atoms with E-state index in [1.165, 1.54) is 0 Å². The van der Waals surface area contributed by atoms with Crippen LogP contribution in [-0.2, 0) is 19.6 Å². The van der Waals surface area contributed by atoms with Gasteiger partial charge in [0.25, 0.3) is 0 Å². The third-order valence-corrected chi connectivity index (χ3v) is 6.80. The lowest BCUT2D eigenvalue weighted by atomic mass is 9.70. The Bertz CT molecular complexity index is 756. The van der Waals surface area contributed by atoms with E-state index in [0.29, 0.717) is 31.4 Å². The fraction of sp³-hybridized carbons (Fsp3) is 0.571. The van der Waals surface area contributed by atoms with E-state index < -0.39 is 10.0 Å². The van der Waals surface area contributed by atoms with Gasteiger partial charge in [0.2, 0.25) is 10.0 Å². The van der Waals surface area contributed by atoms with Crippen molar-refractivity contribution in [1.29, 1.82) is 0 Å². The molecular weight excluding hydrogens is 362 g/mol. The van der Waals surface area contributed by atoms with Gasteiger partial charge in [-0.2, -0.15) is 0 Å². The maximum atomic E-state index is 12.5. The largest absolute Gasteiger partial charge is 0.466 e. The normalized spacial score (nSPS) is 23.1. The molecule has 6 heteroatoms. The maximum Gasteiger partial charge on any atom is 0.306 e. The Morgan fingerprint density at radius 2 is 1.93 bits per heavy atom. The number of sulfonamides is 1. The number of nitrogens with one attached hydrogen (secondary N) is 1. The molecule has 0 heterocycles. The fourth-order valence-corrected chi connectivity index (χ4v) is 4.91. The summed E-state index contributed by atoms with van der Waals surface area (Å²) in [7, 11) is -3.52. The van der Waals surface area contributed by atoms with Gasteiger partial charge in [0.1, 0.15) is 0 Å². The van der Waals surface area contributed by atoms with E-state index >= 15 is 0 Å². The molecule has 0 radical (unpaired) electrons. The summed E-state index contributed by atoms with van der Waals surface area (Å²) in [6.45, 7) is 8.90. The molecule has 0 amide bonds. The fourth-order valence-electron chi connectivity index (χ4n) is 3.82. The SMILES string of the molecule is CCOC(=O)CC1CC(C(C)C)C(CNS(=O)(=O)c2ccccc2)C=C1C. The van der Waals surface area contributed by atoms with E-state index in [0.717, 1.165) is 12.0 Å². The second-order valence-electron chi connectivity index (χ2n) is 7.59. The molecule has 0 spiro atoms. The number of carbonyl (C=O) groups excluding carboxylic acids is 1. The molecule has 0 aliphatic heterocycles. The summed E-state index contributed by atoms with van der Waals surface area (Å²) < 4.78 is 32.9. The second-order valence-corrected chi connectivity index (χ2v) is 9.36. The van der Waals surface area contributed by atoms with Crippen molar-refractivity contribution in [2.45, 2.75) is 45.4 Å². The van der Waals surface area contributed by atoms with Crippen LogP contribution in [0.15, 0.2) is 46.9 Å². The number of hydrogen-bond donors (Lipinski definition) is 1.